The molecule has 0 aliphatic carbocycles. The van der Waals surface area contributed by atoms with Crippen molar-refractivity contribution >= 4 is 54.3 Å². The Morgan fingerprint density at radius 1 is 0.385 bits per heavy atom. The van der Waals surface area contributed by atoms with Crippen LogP contribution in [0, 0.1) is 0 Å². The highest BCUT2D eigenvalue weighted by Gasteiger charge is 2.10. The molecule has 2 nitrogen and oxygen atoms in total. The number of benzene rings is 6. The number of fused-ring (bicyclic) bond motifs is 3. The first kappa shape index (κ1) is 23.3. The van der Waals surface area contributed by atoms with Crippen LogP contribution in [0.2, 0.25) is 0 Å². The van der Waals surface area contributed by atoms with Crippen molar-refractivity contribution < 1.29 is 0 Å². The standard InChI is InChI=1S/C36H26N2S/c1-2-8-25(9-3-1)26-14-17-28(18-15-26)37-29-19-21-30(22-20-29)38-34-12-6-4-10-31(34)27-16-23-36-33(24-27)32-11-5-7-13-35(32)39-36/h1-24,37-38H. The molecule has 0 radical (unpaired) electrons. The summed E-state index contributed by atoms with van der Waals surface area (Å²) in [5, 5.41) is 9.79. The van der Waals surface area contributed by atoms with Gasteiger partial charge in [-0.1, -0.05) is 84.9 Å². The van der Waals surface area contributed by atoms with E-state index in [2.05, 4.69) is 150 Å². The molecular formula is C36H26N2S. The summed E-state index contributed by atoms with van der Waals surface area (Å²) in [5.41, 5.74) is 9.10. The molecule has 2 N–H and O–H groups in total. The van der Waals surface area contributed by atoms with Crippen LogP contribution in [0.5, 0.6) is 0 Å². The SMILES string of the molecule is c1ccc(-c2ccc(Nc3ccc(Nc4ccccc4-c4ccc5sc6ccccc6c5c4)cc3)cc2)cc1. The van der Waals surface area contributed by atoms with E-state index in [1.54, 1.807) is 0 Å². The van der Waals surface area contributed by atoms with Gasteiger partial charge in [0.15, 0.2) is 0 Å². The first-order chi connectivity index (χ1) is 19.3. The van der Waals surface area contributed by atoms with Crippen molar-refractivity contribution in [2.45, 2.75) is 0 Å². The number of thiophene rings is 1. The zero-order valence-electron chi connectivity index (χ0n) is 21.3. The van der Waals surface area contributed by atoms with Crippen LogP contribution < -0.4 is 10.6 Å². The van der Waals surface area contributed by atoms with Crippen LogP contribution >= 0.6 is 11.3 Å². The van der Waals surface area contributed by atoms with Crippen molar-refractivity contribution in [1.82, 2.24) is 0 Å². The minimum Gasteiger partial charge on any atom is -0.356 e. The van der Waals surface area contributed by atoms with Crippen molar-refractivity contribution in [3.63, 3.8) is 0 Å². The molecule has 6 aromatic carbocycles. The lowest BCUT2D eigenvalue weighted by atomic mass is 10.0. The van der Waals surface area contributed by atoms with Gasteiger partial charge in [0.25, 0.3) is 0 Å². The van der Waals surface area contributed by atoms with Gasteiger partial charge in [-0.05, 0) is 77.4 Å². The van der Waals surface area contributed by atoms with Gasteiger partial charge >= 0.3 is 0 Å². The molecule has 1 heterocycles. The molecule has 0 spiro atoms. The third-order valence-corrected chi connectivity index (χ3v) is 8.21. The van der Waals surface area contributed by atoms with Crippen molar-refractivity contribution in [2.24, 2.45) is 0 Å². The molecule has 0 aliphatic rings. The second-order valence-corrected chi connectivity index (χ2v) is 10.7. The molecule has 0 atom stereocenters. The highest BCUT2D eigenvalue weighted by atomic mass is 32.1. The molecule has 0 bridgehead atoms. The van der Waals surface area contributed by atoms with Gasteiger partial charge in [-0.3, -0.25) is 0 Å². The smallest absolute Gasteiger partial charge is 0.0463 e. The Balaban J connectivity index is 1.10. The summed E-state index contributed by atoms with van der Waals surface area (Å²) in [6.07, 6.45) is 0. The fourth-order valence-electron chi connectivity index (χ4n) is 5.07. The fourth-order valence-corrected chi connectivity index (χ4v) is 6.16. The van der Waals surface area contributed by atoms with Gasteiger partial charge < -0.3 is 10.6 Å². The normalized spacial score (nSPS) is 11.1. The number of hydrogen-bond donors (Lipinski definition) is 2. The van der Waals surface area contributed by atoms with Gasteiger partial charge in [0.05, 0.1) is 0 Å². The lowest BCUT2D eigenvalue weighted by Gasteiger charge is -2.14. The van der Waals surface area contributed by atoms with Gasteiger partial charge in [-0.25, -0.2) is 0 Å². The maximum absolute atomic E-state index is 3.64. The first-order valence-electron chi connectivity index (χ1n) is 13.1. The van der Waals surface area contributed by atoms with Gasteiger partial charge in [0, 0.05) is 48.5 Å². The Morgan fingerprint density at radius 2 is 0.949 bits per heavy atom. The summed E-state index contributed by atoms with van der Waals surface area (Å²) >= 11 is 1.85. The predicted octanol–water partition coefficient (Wildman–Crippen LogP) is 10.9. The molecular weight excluding hydrogens is 492 g/mol. The number of rotatable bonds is 6. The average molecular weight is 519 g/mol. The second kappa shape index (κ2) is 10.1. The van der Waals surface area contributed by atoms with E-state index in [0.717, 1.165) is 22.7 Å². The van der Waals surface area contributed by atoms with Gasteiger partial charge in [-0.15, -0.1) is 11.3 Å². The number of hydrogen-bond acceptors (Lipinski definition) is 3. The molecule has 1 aromatic heterocycles. The van der Waals surface area contributed by atoms with Crippen molar-refractivity contribution in [1.29, 1.82) is 0 Å². The molecule has 0 saturated carbocycles. The molecule has 3 heteroatoms. The van der Waals surface area contributed by atoms with Crippen molar-refractivity contribution in [2.75, 3.05) is 10.6 Å². The summed E-state index contributed by atoms with van der Waals surface area (Å²) in [6.45, 7) is 0. The third kappa shape index (κ3) is 4.76. The highest BCUT2D eigenvalue weighted by molar-refractivity contribution is 7.25. The molecule has 0 unspecified atom stereocenters. The topological polar surface area (TPSA) is 24.1 Å². The van der Waals surface area contributed by atoms with Crippen LogP contribution in [0.1, 0.15) is 0 Å². The molecule has 39 heavy (non-hydrogen) atoms. The molecule has 0 amide bonds. The number of para-hydroxylation sites is 1. The zero-order valence-corrected chi connectivity index (χ0v) is 22.1. The molecule has 0 fully saturated rings. The van der Waals surface area contributed by atoms with Crippen LogP contribution in [-0.4, -0.2) is 0 Å². The Labute approximate surface area is 232 Å². The first-order valence-corrected chi connectivity index (χ1v) is 13.9. The van der Waals surface area contributed by atoms with E-state index in [9.17, 15) is 0 Å². The predicted molar refractivity (Wildman–Crippen MR) is 170 cm³/mol. The maximum Gasteiger partial charge on any atom is 0.0463 e. The lowest BCUT2D eigenvalue weighted by Crippen LogP contribution is -1.94. The molecule has 7 aromatic rings. The van der Waals surface area contributed by atoms with Crippen molar-refractivity contribution in [3.8, 4) is 22.3 Å². The van der Waals surface area contributed by atoms with E-state index >= 15 is 0 Å². The van der Waals surface area contributed by atoms with E-state index in [4.69, 9.17) is 0 Å². The summed E-state index contributed by atoms with van der Waals surface area (Å²) in [6, 6.07) is 51.4. The quantitative estimate of drug-likeness (QED) is 0.229. The van der Waals surface area contributed by atoms with Crippen LogP contribution in [0.3, 0.4) is 0 Å². The Morgan fingerprint density at radius 3 is 1.74 bits per heavy atom. The molecule has 7 rings (SSSR count). The second-order valence-electron chi connectivity index (χ2n) is 9.63. The Hall–Kier alpha value is -4.86. The van der Waals surface area contributed by atoms with Gasteiger partial charge in [-0.2, -0.15) is 0 Å². The summed E-state index contributed by atoms with van der Waals surface area (Å²) < 4.78 is 2.65. The van der Waals surface area contributed by atoms with E-state index in [1.165, 1.54) is 42.4 Å². The Kier molecular flexibility index (Phi) is 6.04. The maximum atomic E-state index is 3.64. The van der Waals surface area contributed by atoms with Gasteiger partial charge in [0.1, 0.15) is 0 Å². The largest absolute Gasteiger partial charge is 0.356 e. The zero-order chi connectivity index (χ0) is 26.0. The van der Waals surface area contributed by atoms with E-state index in [-0.39, 0.29) is 0 Å². The third-order valence-electron chi connectivity index (χ3n) is 7.06. The van der Waals surface area contributed by atoms with E-state index < -0.39 is 0 Å². The molecule has 186 valence electrons. The average Bonchev–Trinajstić information content (AvgIpc) is 3.37. The lowest BCUT2D eigenvalue weighted by molar-refractivity contribution is 1.51. The highest BCUT2D eigenvalue weighted by Crippen LogP contribution is 2.38. The van der Waals surface area contributed by atoms with Gasteiger partial charge in [0.2, 0.25) is 0 Å². The van der Waals surface area contributed by atoms with Crippen LogP contribution in [0.25, 0.3) is 42.4 Å². The number of nitrogens with one attached hydrogen (secondary N) is 2. The molecule has 0 saturated heterocycles. The monoisotopic (exact) mass is 518 g/mol. The summed E-state index contributed by atoms with van der Waals surface area (Å²) in [5.74, 6) is 0. The van der Waals surface area contributed by atoms with Crippen molar-refractivity contribution in [3.05, 3.63) is 146 Å². The van der Waals surface area contributed by atoms with E-state index in [1.807, 2.05) is 17.4 Å². The summed E-state index contributed by atoms with van der Waals surface area (Å²) in [7, 11) is 0. The Bertz CT molecular complexity index is 1890. The summed E-state index contributed by atoms with van der Waals surface area (Å²) in [4.78, 5) is 0. The van der Waals surface area contributed by atoms with Crippen LogP contribution in [-0.2, 0) is 0 Å². The van der Waals surface area contributed by atoms with Crippen LogP contribution in [0.15, 0.2) is 146 Å². The minimum atomic E-state index is 1.05. The van der Waals surface area contributed by atoms with Crippen LogP contribution in [0.4, 0.5) is 22.7 Å². The minimum absolute atomic E-state index is 1.05. The van der Waals surface area contributed by atoms with E-state index in [0.29, 0.717) is 0 Å². The fraction of sp³-hybridized carbons (Fsp3) is 0. The number of anilines is 4. The molecule has 0 aliphatic heterocycles.